The molecule has 2 rings (SSSR count). The highest BCUT2D eigenvalue weighted by atomic mass is 16.5. The monoisotopic (exact) mass is 219 g/mol. The summed E-state index contributed by atoms with van der Waals surface area (Å²) in [7, 11) is 0. The summed E-state index contributed by atoms with van der Waals surface area (Å²) in [6.45, 7) is 2.06. The molecule has 1 amide bonds. The molecule has 1 fully saturated rings. The Kier molecular flexibility index (Phi) is 3.94. The number of amides is 1. The molecule has 0 spiro atoms. The van der Waals surface area contributed by atoms with E-state index in [-0.39, 0.29) is 6.04 Å². The molecule has 1 aliphatic heterocycles. The molecule has 1 unspecified atom stereocenters. The zero-order chi connectivity index (χ0) is 11.2. The first kappa shape index (κ1) is 11.1. The number of morpholine rings is 1. The fourth-order valence-corrected chi connectivity index (χ4v) is 2.03. The van der Waals surface area contributed by atoms with Crippen molar-refractivity contribution in [2.45, 2.75) is 18.9 Å². The van der Waals surface area contributed by atoms with Crippen molar-refractivity contribution in [3.63, 3.8) is 0 Å². The van der Waals surface area contributed by atoms with Crippen molar-refractivity contribution in [1.29, 1.82) is 0 Å². The van der Waals surface area contributed by atoms with Crippen LogP contribution in [0.4, 0.5) is 0 Å². The number of carbonyl (C=O) groups excluding carboxylic acids is 1. The molecule has 16 heavy (non-hydrogen) atoms. The Morgan fingerprint density at radius 1 is 1.38 bits per heavy atom. The Morgan fingerprint density at radius 2 is 2.19 bits per heavy atom. The van der Waals surface area contributed by atoms with Gasteiger partial charge in [-0.1, -0.05) is 30.3 Å². The van der Waals surface area contributed by atoms with Gasteiger partial charge in [-0.2, -0.15) is 0 Å². The third kappa shape index (κ3) is 2.83. The maximum absolute atomic E-state index is 10.9. The molecule has 3 nitrogen and oxygen atoms in total. The predicted octanol–water partition coefficient (Wildman–Crippen LogP) is 1.48. The molecular formula is C13H17NO2. The van der Waals surface area contributed by atoms with Gasteiger partial charge in [0.15, 0.2) is 0 Å². The van der Waals surface area contributed by atoms with Gasteiger partial charge in [0.05, 0.1) is 19.3 Å². The Hall–Kier alpha value is -1.35. The summed E-state index contributed by atoms with van der Waals surface area (Å²) in [6.07, 6.45) is 2.92. The fraction of sp³-hybridized carbons (Fsp3) is 0.462. The van der Waals surface area contributed by atoms with E-state index in [4.69, 9.17) is 4.74 Å². The topological polar surface area (TPSA) is 29.5 Å². The molecule has 0 bridgehead atoms. The number of nitrogens with zero attached hydrogens (tertiary/aromatic N) is 1. The van der Waals surface area contributed by atoms with Crippen molar-refractivity contribution >= 4 is 6.41 Å². The van der Waals surface area contributed by atoms with Crippen LogP contribution in [0, 0.1) is 0 Å². The van der Waals surface area contributed by atoms with E-state index in [0.29, 0.717) is 13.2 Å². The molecule has 1 aliphatic rings. The van der Waals surface area contributed by atoms with Gasteiger partial charge < -0.3 is 9.64 Å². The van der Waals surface area contributed by atoms with E-state index in [1.54, 1.807) is 0 Å². The van der Waals surface area contributed by atoms with E-state index in [1.165, 1.54) is 5.56 Å². The Bertz CT molecular complexity index is 326. The quantitative estimate of drug-likeness (QED) is 0.718. The van der Waals surface area contributed by atoms with E-state index in [1.807, 2.05) is 23.1 Å². The molecule has 1 heterocycles. The number of rotatable bonds is 4. The van der Waals surface area contributed by atoms with Gasteiger partial charge >= 0.3 is 0 Å². The molecular weight excluding hydrogens is 202 g/mol. The Morgan fingerprint density at radius 3 is 2.94 bits per heavy atom. The molecule has 0 aromatic heterocycles. The number of ether oxygens (including phenoxy) is 1. The maximum atomic E-state index is 10.9. The number of hydrogen-bond donors (Lipinski definition) is 0. The first-order valence-corrected chi connectivity index (χ1v) is 5.73. The van der Waals surface area contributed by atoms with Crippen LogP contribution in [-0.2, 0) is 16.0 Å². The van der Waals surface area contributed by atoms with E-state index in [2.05, 4.69) is 12.1 Å². The molecule has 0 saturated carbocycles. The third-order valence-corrected chi connectivity index (χ3v) is 3.02. The normalized spacial score (nSPS) is 20.8. The average Bonchev–Trinajstić information content (AvgIpc) is 2.38. The number of hydrogen-bond acceptors (Lipinski definition) is 2. The molecule has 1 saturated heterocycles. The highest BCUT2D eigenvalue weighted by Crippen LogP contribution is 2.12. The van der Waals surface area contributed by atoms with Crippen LogP contribution in [0.25, 0.3) is 0 Å². The molecule has 0 radical (unpaired) electrons. The standard InChI is InChI=1S/C13H17NO2/c15-11-14-8-9-16-10-13(14)7-6-12-4-2-1-3-5-12/h1-5,11,13H,6-10H2. The second-order valence-corrected chi connectivity index (χ2v) is 4.10. The highest BCUT2D eigenvalue weighted by molar-refractivity contribution is 5.48. The van der Waals surface area contributed by atoms with Gasteiger partial charge in [-0.3, -0.25) is 4.79 Å². The molecule has 1 aromatic carbocycles. The third-order valence-electron chi connectivity index (χ3n) is 3.02. The van der Waals surface area contributed by atoms with Gasteiger partial charge in [0, 0.05) is 6.54 Å². The van der Waals surface area contributed by atoms with Gasteiger partial charge in [0.1, 0.15) is 0 Å². The van der Waals surface area contributed by atoms with Crippen molar-refractivity contribution in [2.75, 3.05) is 19.8 Å². The number of carbonyl (C=O) groups is 1. The van der Waals surface area contributed by atoms with E-state index in [0.717, 1.165) is 25.8 Å². The van der Waals surface area contributed by atoms with Gasteiger partial charge in [-0.15, -0.1) is 0 Å². The van der Waals surface area contributed by atoms with Crippen molar-refractivity contribution in [3.8, 4) is 0 Å². The van der Waals surface area contributed by atoms with Crippen LogP contribution in [-0.4, -0.2) is 37.1 Å². The lowest BCUT2D eigenvalue weighted by Crippen LogP contribution is -2.44. The van der Waals surface area contributed by atoms with Gasteiger partial charge in [-0.05, 0) is 18.4 Å². The zero-order valence-electron chi connectivity index (χ0n) is 9.34. The Labute approximate surface area is 96.0 Å². The van der Waals surface area contributed by atoms with Crippen LogP contribution < -0.4 is 0 Å². The molecule has 1 atom stereocenters. The summed E-state index contributed by atoms with van der Waals surface area (Å²) in [4.78, 5) is 12.7. The van der Waals surface area contributed by atoms with Gasteiger partial charge in [0.25, 0.3) is 0 Å². The minimum Gasteiger partial charge on any atom is -0.377 e. The van der Waals surface area contributed by atoms with Crippen LogP contribution in [0.15, 0.2) is 30.3 Å². The lowest BCUT2D eigenvalue weighted by Gasteiger charge is -2.32. The van der Waals surface area contributed by atoms with Crippen LogP contribution >= 0.6 is 0 Å². The summed E-state index contributed by atoms with van der Waals surface area (Å²) in [5.74, 6) is 0. The van der Waals surface area contributed by atoms with Crippen molar-refractivity contribution in [2.24, 2.45) is 0 Å². The lowest BCUT2D eigenvalue weighted by molar-refractivity contribution is -0.126. The summed E-state index contributed by atoms with van der Waals surface area (Å²) in [5, 5.41) is 0. The van der Waals surface area contributed by atoms with Crippen LogP contribution in [0.3, 0.4) is 0 Å². The summed E-state index contributed by atoms with van der Waals surface area (Å²) in [6, 6.07) is 10.6. The van der Waals surface area contributed by atoms with Crippen LogP contribution in [0.2, 0.25) is 0 Å². The van der Waals surface area contributed by atoms with E-state index >= 15 is 0 Å². The molecule has 0 aliphatic carbocycles. The summed E-state index contributed by atoms with van der Waals surface area (Å²) >= 11 is 0. The van der Waals surface area contributed by atoms with E-state index < -0.39 is 0 Å². The zero-order valence-corrected chi connectivity index (χ0v) is 9.34. The first-order valence-electron chi connectivity index (χ1n) is 5.73. The largest absolute Gasteiger partial charge is 0.377 e. The summed E-state index contributed by atoms with van der Waals surface area (Å²) in [5.41, 5.74) is 1.32. The van der Waals surface area contributed by atoms with Crippen LogP contribution in [0.1, 0.15) is 12.0 Å². The second-order valence-electron chi connectivity index (χ2n) is 4.10. The first-order chi connectivity index (χ1) is 7.90. The molecule has 0 N–H and O–H groups in total. The number of benzene rings is 1. The van der Waals surface area contributed by atoms with Crippen LogP contribution in [0.5, 0.6) is 0 Å². The molecule has 3 heteroatoms. The molecule has 1 aromatic rings. The van der Waals surface area contributed by atoms with Gasteiger partial charge in [-0.25, -0.2) is 0 Å². The Balaban J connectivity index is 1.86. The van der Waals surface area contributed by atoms with Gasteiger partial charge in [0.2, 0.25) is 6.41 Å². The predicted molar refractivity (Wildman–Crippen MR) is 62.1 cm³/mol. The highest BCUT2D eigenvalue weighted by Gasteiger charge is 2.20. The minimum absolute atomic E-state index is 0.242. The molecule has 86 valence electrons. The van der Waals surface area contributed by atoms with E-state index in [9.17, 15) is 4.79 Å². The smallest absolute Gasteiger partial charge is 0.210 e. The van der Waals surface area contributed by atoms with Crippen molar-refractivity contribution in [1.82, 2.24) is 4.90 Å². The maximum Gasteiger partial charge on any atom is 0.210 e. The van der Waals surface area contributed by atoms with Crippen molar-refractivity contribution < 1.29 is 9.53 Å². The number of aryl methyl sites for hydroxylation is 1. The fourth-order valence-electron chi connectivity index (χ4n) is 2.03. The minimum atomic E-state index is 0.242. The average molecular weight is 219 g/mol. The SMILES string of the molecule is O=CN1CCOCC1CCc1ccccc1. The second kappa shape index (κ2) is 5.66. The summed E-state index contributed by atoms with van der Waals surface area (Å²) < 4.78 is 5.40. The lowest BCUT2D eigenvalue weighted by atomic mass is 10.0. The van der Waals surface area contributed by atoms with Crippen molar-refractivity contribution in [3.05, 3.63) is 35.9 Å².